The second-order valence-corrected chi connectivity index (χ2v) is 6.09. The first kappa shape index (κ1) is 13.2. The predicted octanol–water partition coefficient (Wildman–Crippen LogP) is 3.18. The van der Waals surface area contributed by atoms with E-state index in [0.717, 1.165) is 28.1 Å². The third-order valence-corrected chi connectivity index (χ3v) is 3.91. The van der Waals surface area contributed by atoms with Gasteiger partial charge in [-0.05, 0) is 18.6 Å². The van der Waals surface area contributed by atoms with Crippen LogP contribution in [0.25, 0.3) is 5.65 Å². The second-order valence-electron chi connectivity index (χ2n) is 5.15. The molecule has 0 bridgehead atoms. The van der Waals surface area contributed by atoms with Crippen LogP contribution in [0.5, 0.6) is 0 Å². The third kappa shape index (κ3) is 2.70. The summed E-state index contributed by atoms with van der Waals surface area (Å²) in [6.07, 6.45) is 4.14. The minimum atomic E-state index is 0.370. The summed E-state index contributed by atoms with van der Waals surface area (Å²) in [4.78, 5) is 9.04. The lowest BCUT2D eigenvalue weighted by Gasteiger charge is -1.95. The Morgan fingerprint density at radius 1 is 1.25 bits per heavy atom. The van der Waals surface area contributed by atoms with Crippen LogP contribution in [-0.4, -0.2) is 24.6 Å². The molecule has 104 valence electrons. The van der Waals surface area contributed by atoms with Crippen molar-refractivity contribution in [3.05, 3.63) is 41.6 Å². The SMILES string of the molecule is Cc1ccc2nc(CSc3n[nH]c(C(C)C)n3)cn2c1. The molecule has 0 spiro atoms. The monoisotopic (exact) mass is 287 g/mol. The van der Waals surface area contributed by atoms with E-state index in [0.29, 0.717) is 5.92 Å². The molecule has 0 aliphatic heterocycles. The standard InChI is InChI=1S/C14H17N5S/c1-9(2)13-16-14(18-17-13)20-8-11-7-19-6-10(3)4-5-12(19)15-11/h4-7,9H,8H2,1-3H3,(H,16,17,18). The van der Waals surface area contributed by atoms with Gasteiger partial charge in [0.1, 0.15) is 11.5 Å². The van der Waals surface area contributed by atoms with Crippen molar-refractivity contribution < 1.29 is 0 Å². The van der Waals surface area contributed by atoms with E-state index >= 15 is 0 Å². The van der Waals surface area contributed by atoms with Gasteiger partial charge in [-0.15, -0.1) is 5.10 Å². The molecule has 0 aliphatic rings. The van der Waals surface area contributed by atoms with E-state index in [1.165, 1.54) is 5.56 Å². The smallest absolute Gasteiger partial charge is 0.208 e. The lowest BCUT2D eigenvalue weighted by Crippen LogP contribution is -1.89. The molecule has 20 heavy (non-hydrogen) atoms. The van der Waals surface area contributed by atoms with E-state index in [2.05, 4.69) is 63.8 Å². The molecule has 6 heteroatoms. The quantitative estimate of drug-likeness (QED) is 0.749. The number of fused-ring (bicyclic) bond motifs is 1. The maximum atomic E-state index is 4.59. The van der Waals surface area contributed by atoms with E-state index in [1.54, 1.807) is 11.8 Å². The molecule has 1 N–H and O–H groups in total. The minimum Gasteiger partial charge on any atom is -0.307 e. The van der Waals surface area contributed by atoms with Crippen LogP contribution in [0.3, 0.4) is 0 Å². The number of nitrogens with zero attached hydrogens (tertiary/aromatic N) is 4. The average molecular weight is 287 g/mol. The molecule has 0 saturated carbocycles. The predicted molar refractivity (Wildman–Crippen MR) is 80.0 cm³/mol. The summed E-state index contributed by atoms with van der Waals surface area (Å²) in [5.74, 6) is 2.07. The first-order valence-electron chi connectivity index (χ1n) is 6.61. The highest BCUT2D eigenvalue weighted by Gasteiger charge is 2.08. The Morgan fingerprint density at radius 2 is 2.10 bits per heavy atom. The number of hydrogen-bond donors (Lipinski definition) is 1. The summed E-state index contributed by atoms with van der Waals surface area (Å²) in [6.45, 7) is 6.27. The number of H-pyrrole nitrogens is 1. The Kier molecular flexibility index (Phi) is 3.48. The fraction of sp³-hybridized carbons (Fsp3) is 0.357. The molecule has 0 fully saturated rings. The van der Waals surface area contributed by atoms with Gasteiger partial charge in [-0.3, -0.25) is 5.10 Å². The first-order valence-corrected chi connectivity index (χ1v) is 7.60. The van der Waals surface area contributed by atoms with Crippen molar-refractivity contribution in [1.82, 2.24) is 24.6 Å². The molecule has 0 unspecified atom stereocenters. The van der Waals surface area contributed by atoms with E-state index in [-0.39, 0.29) is 0 Å². The lowest BCUT2D eigenvalue weighted by molar-refractivity contribution is 0.780. The number of rotatable bonds is 4. The molecule has 0 saturated heterocycles. The van der Waals surface area contributed by atoms with Gasteiger partial charge in [0.25, 0.3) is 0 Å². The normalized spacial score (nSPS) is 11.6. The van der Waals surface area contributed by atoms with Crippen molar-refractivity contribution in [1.29, 1.82) is 0 Å². The maximum absolute atomic E-state index is 4.59. The zero-order valence-electron chi connectivity index (χ0n) is 11.8. The largest absolute Gasteiger partial charge is 0.307 e. The number of nitrogens with one attached hydrogen (secondary N) is 1. The van der Waals surface area contributed by atoms with Crippen LogP contribution in [-0.2, 0) is 5.75 Å². The molecular weight excluding hydrogens is 270 g/mol. The van der Waals surface area contributed by atoms with Crippen molar-refractivity contribution in [2.45, 2.75) is 37.6 Å². The summed E-state index contributed by atoms with van der Waals surface area (Å²) in [6, 6.07) is 4.11. The second kappa shape index (κ2) is 5.28. The number of imidazole rings is 1. The van der Waals surface area contributed by atoms with Gasteiger partial charge in [-0.1, -0.05) is 31.7 Å². The minimum absolute atomic E-state index is 0.370. The number of hydrogen-bond acceptors (Lipinski definition) is 4. The van der Waals surface area contributed by atoms with Crippen molar-refractivity contribution in [3.63, 3.8) is 0 Å². The van der Waals surface area contributed by atoms with Crippen molar-refractivity contribution in [2.75, 3.05) is 0 Å². The lowest BCUT2D eigenvalue weighted by atomic mass is 10.2. The third-order valence-electron chi connectivity index (χ3n) is 3.03. The van der Waals surface area contributed by atoms with Crippen LogP contribution in [0, 0.1) is 6.92 Å². The number of pyridine rings is 1. The summed E-state index contributed by atoms with van der Waals surface area (Å²) in [7, 11) is 0. The van der Waals surface area contributed by atoms with Gasteiger partial charge in [-0.2, -0.15) is 0 Å². The number of aromatic amines is 1. The zero-order valence-corrected chi connectivity index (χ0v) is 12.6. The number of aromatic nitrogens is 5. The summed E-state index contributed by atoms with van der Waals surface area (Å²) < 4.78 is 2.06. The zero-order chi connectivity index (χ0) is 14.1. The van der Waals surface area contributed by atoms with Crippen LogP contribution in [0.2, 0.25) is 0 Å². The molecule has 0 atom stereocenters. The highest BCUT2D eigenvalue weighted by molar-refractivity contribution is 7.98. The van der Waals surface area contributed by atoms with E-state index in [9.17, 15) is 0 Å². The van der Waals surface area contributed by atoms with Gasteiger partial charge in [-0.25, -0.2) is 9.97 Å². The Labute approximate surface area is 121 Å². The summed E-state index contributed by atoms with van der Waals surface area (Å²) >= 11 is 1.60. The Hall–Kier alpha value is -1.82. The molecule has 0 amide bonds. The molecule has 3 rings (SSSR count). The van der Waals surface area contributed by atoms with Crippen LogP contribution in [0.4, 0.5) is 0 Å². The van der Waals surface area contributed by atoms with Crippen molar-refractivity contribution >= 4 is 17.4 Å². The average Bonchev–Trinajstić information content (AvgIpc) is 3.01. The molecule has 0 radical (unpaired) electrons. The number of thioether (sulfide) groups is 1. The van der Waals surface area contributed by atoms with E-state index in [1.807, 2.05) is 6.07 Å². The van der Waals surface area contributed by atoms with Crippen LogP contribution >= 0.6 is 11.8 Å². The number of aryl methyl sites for hydroxylation is 1. The summed E-state index contributed by atoms with van der Waals surface area (Å²) in [5, 5.41) is 7.96. The van der Waals surface area contributed by atoms with Gasteiger partial charge >= 0.3 is 0 Å². The Morgan fingerprint density at radius 3 is 2.85 bits per heavy atom. The molecule has 3 aromatic rings. The molecule has 0 aliphatic carbocycles. The fourth-order valence-electron chi connectivity index (χ4n) is 1.94. The Balaban J connectivity index is 1.72. The van der Waals surface area contributed by atoms with Crippen LogP contribution in [0.1, 0.15) is 36.8 Å². The molecule has 3 heterocycles. The van der Waals surface area contributed by atoms with E-state index in [4.69, 9.17) is 0 Å². The first-order chi connectivity index (χ1) is 9.61. The fourth-order valence-corrected chi connectivity index (χ4v) is 2.63. The summed E-state index contributed by atoms with van der Waals surface area (Å²) in [5.41, 5.74) is 3.24. The van der Waals surface area contributed by atoms with E-state index < -0.39 is 0 Å². The molecule has 3 aromatic heterocycles. The molecule has 5 nitrogen and oxygen atoms in total. The maximum Gasteiger partial charge on any atom is 0.208 e. The van der Waals surface area contributed by atoms with Gasteiger partial charge in [0.2, 0.25) is 5.16 Å². The topological polar surface area (TPSA) is 58.9 Å². The highest BCUT2D eigenvalue weighted by atomic mass is 32.2. The van der Waals surface area contributed by atoms with Gasteiger partial charge in [0, 0.05) is 24.1 Å². The Bertz CT molecular complexity index is 728. The van der Waals surface area contributed by atoms with Crippen LogP contribution < -0.4 is 0 Å². The highest BCUT2D eigenvalue weighted by Crippen LogP contribution is 2.20. The van der Waals surface area contributed by atoms with Gasteiger partial charge in [0.15, 0.2) is 0 Å². The van der Waals surface area contributed by atoms with Crippen LogP contribution in [0.15, 0.2) is 29.7 Å². The van der Waals surface area contributed by atoms with Crippen molar-refractivity contribution in [2.24, 2.45) is 0 Å². The van der Waals surface area contributed by atoms with Gasteiger partial charge in [0.05, 0.1) is 5.69 Å². The molecule has 0 aromatic carbocycles. The molecular formula is C14H17N5S. The van der Waals surface area contributed by atoms with Gasteiger partial charge < -0.3 is 4.40 Å². The van der Waals surface area contributed by atoms with Crippen molar-refractivity contribution in [3.8, 4) is 0 Å².